The van der Waals surface area contributed by atoms with Crippen molar-refractivity contribution in [2.75, 3.05) is 30.8 Å². The van der Waals surface area contributed by atoms with Gasteiger partial charge in [-0.05, 0) is 70.0 Å². The average molecular weight is 619 g/mol. The van der Waals surface area contributed by atoms with Crippen molar-refractivity contribution in [2.45, 2.75) is 68.1 Å². The van der Waals surface area contributed by atoms with Crippen molar-refractivity contribution in [3.05, 3.63) is 53.1 Å². The largest absolute Gasteiger partial charge is 0.444 e. The molecule has 0 aliphatic carbocycles. The van der Waals surface area contributed by atoms with Gasteiger partial charge in [0.15, 0.2) is 9.84 Å². The van der Waals surface area contributed by atoms with Crippen molar-refractivity contribution in [3.63, 3.8) is 0 Å². The van der Waals surface area contributed by atoms with E-state index in [0.717, 1.165) is 17.0 Å². The molecule has 2 amide bonds. The predicted octanol–water partition coefficient (Wildman–Crippen LogP) is 5.02. The number of halogens is 4. The van der Waals surface area contributed by atoms with Crippen LogP contribution >= 0.6 is 11.6 Å². The van der Waals surface area contributed by atoms with Crippen molar-refractivity contribution < 1.29 is 35.9 Å². The summed E-state index contributed by atoms with van der Waals surface area (Å²) in [6, 6.07) is 6.93. The lowest BCUT2D eigenvalue weighted by molar-refractivity contribution is -0.138. The van der Waals surface area contributed by atoms with Gasteiger partial charge in [-0.3, -0.25) is 9.69 Å². The Balaban J connectivity index is 1.84. The molecule has 41 heavy (non-hydrogen) atoms. The summed E-state index contributed by atoms with van der Waals surface area (Å²) in [6.45, 7) is 7.11. The second-order valence-corrected chi connectivity index (χ2v) is 14.1. The van der Waals surface area contributed by atoms with E-state index < -0.39 is 43.9 Å². The highest BCUT2D eigenvalue weighted by Gasteiger charge is 2.37. The number of nitrogens with one attached hydrogen (secondary N) is 1. The Morgan fingerprint density at radius 2 is 1.88 bits per heavy atom. The van der Waals surface area contributed by atoms with Gasteiger partial charge in [0.1, 0.15) is 10.3 Å². The van der Waals surface area contributed by atoms with Gasteiger partial charge in [0, 0.05) is 44.1 Å². The fourth-order valence-electron chi connectivity index (χ4n) is 4.41. The summed E-state index contributed by atoms with van der Waals surface area (Å²) in [7, 11) is -2.57. The topological polar surface area (TPSA) is 122 Å². The van der Waals surface area contributed by atoms with Crippen LogP contribution in [-0.4, -0.2) is 61.8 Å². The lowest BCUT2D eigenvalue weighted by Crippen LogP contribution is -2.40. The first-order chi connectivity index (χ1) is 18.8. The molecule has 0 saturated carbocycles. The minimum atomic E-state index is -4.78. The standard InChI is InChI=1S/C27H34ClF3N4O5S/c1-16(28)41(38,39)20-8-6-7-19(12-20)34(5)24(36)21-13-22(27(29,30)31)17(11-23(21)32)14-35-10-9-18(15-35)33-25(37)40-26(2,3)4/h6-8,11-13,16,18H,9-10,14-15,32H2,1-5H3,(H,33,37)/t16?,18-/m1/s1. The Bertz CT molecular complexity index is 1410. The molecule has 1 unspecified atom stereocenters. The van der Waals surface area contributed by atoms with Crippen molar-refractivity contribution >= 4 is 44.8 Å². The Morgan fingerprint density at radius 1 is 1.22 bits per heavy atom. The van der Waals surface area contributed by atoms with Gasteiger partial charge in [0.05, 0.1) is 16.0 Å². The molecule has 1 aliphatic heterocycles. The second kappa shape index (κ2) is 12.1. The number of ether oxygens (including phenoxy) is 1. The van der Waals surface area contributed by atoms with Gasteiger partial charge in [-0.2, -0.15) is 13.2 Å². The maximum atomic E-state index is 14.2. The molecule has 2 aromatic rings. The molecule has 0 spiro atoms. The van der Waals surface area contributed by atoms with E-state index in [1.165, 1.54) is 38.2 Å². The van der Waals surface area contributed by atoms with Gasteiger partial charge in [0.2, 0.25) is 0 Å². The van der Waals surface area contributed by atoms with Crippen molar-refractivity contribution in [3.8, 4) is 0 Å². The average Bonchev–Trinajstić information content (AvgIpc) is 3.27. The number of likely N-dealkylation sites (tertiary alicyclic amines) is 1. The van der Waals surface area contributed by atoms with Gasteiger partial charge in [-0.1, -0.05) is 6.07 Å². The summed E-state index contributed by atoms with van der Waals surface area (Å²) in [5.41, 5.74) is 3.87. The van der Waals surface area contributed by atoms with Crippen LogP contribution in [0.5, 0.6) is 0 Å². The highest BCUT2D eigenvalue weighted by Crippen LogP contribution is 2.36. The number of nitrogens with two attached hydrogens (primary N) is 1. The fourth-order valence-corrected chi connectivity index (χ4v) is 5.64. The van der Waals surface area contributed by atoms with Gasteiger partial charge in [0.25, 0.3) is 5.91 Å². The zero-order valence-electron chi connectivity index (χ0n) is 23.4. The highest BCUT2D eigenvalue weighted by molar-refractivity contribution is 7.93. The molecule has 0 radical (unpaired) electrons. The molecule has 1 aliphatic rings. The molecule has 3 rings (SSSR count). The number of carbonyl (C=O) groups is 2. The Morgan fingerprint density at radius 3 is 2.46 bits per heavy atom. The van der Waals surface area contributed by atoms with Crippen molar-refractivity contribution in [2.24, 2.45) is 0 Å². The normalized spacial score (nSPS) is 17.2. The Hall–Kier alpha value is -3.03. The molecule has 0 aromatic heterocycles. The summed E-state index contributed by atoms with van der Waals surface area (Å²) in [6.07, 6.45) is -4.86. The van der Waals surface area contributed by atoms with Crippen LogP contribution in [0.2, 0.25) is 0 Å². The molecule has 1 fully saturated rings. The number of rotatable bonds is 7. The first-order valence-corrected chi connectivity index (χ1v) is 14.8. The van der Waals surface area contributed by atoms with Crippen LogP contribution in [0.1, 0.15) is 55.6 Å². The third kappa shape index (κ3) is 8.04. The van der Waals surface area contributed by atoms with Gasteiger partial charge >= 0.3 is 12.3 Å². The Labute approximate surface area is 242 Å². The summed E-state index contributed by atoms with van der Waals surface area (Å²) in [5.74, 6) is -0.851. The SMILES string of the molecule is CC(Cl)S(=O)(=O)c1cccc(N(C)C(=O)c2cc(C(F)(F)F)c(CN3CC[C@@H](NC(=O)OC(C)(C)C)C3)cc2N)c1. The van der Waals surface area contributed by atoms with Crippen molar-refractivity contribution in [1.82, 2.24) is 10.2 Å². The number of carbonyl (C=O) groups excluding carboxylic acids is 2. The van der Waals surface area contributed by atoms with Crippen molar-refractivity contribution in [1.29, 1.82) is 0 Å². The zero-order chi connectivity index (χ0) is 30.9. The lowest BCUT2D eigenvalue weighted by atomic mass is 10.00. The molecule has 1 heterocycles. The minimum Gasteiger partial charge on any atom is -0.444 e. The number of hydrogen-bond acceptors (Lipinski definition) is 7. The zero-order valence-corrected chi connectivity index (χ0v) is 25.0. The smallest absolute Gasteiger partial charge is 0.416 e. The lowest BCUT2D eigenvalue weighted by Gasteiger charge is -2.24. The number of amides is 2. The molecule has 226 valence electrons. The predicted molar refractivity (Wildman–Crippen MR) is 151 cm³/mol. The molecular weight excluding hydrogens is 585 g/mol. The first-order valence-electron chi connectivity index (χ1n) is 12.8. The molecule has 3 N–H and O–H groups in total. The molecule has 14 heteroatoms. The van der Waals surface area contributed by atoms with E-state index >= 15 is 0 Å². The van der Waals surface area contributed by atoms with Crippen LogP contribution in [0.15, 0.2) is 41.3 Å². The number of sulfone groups is 1. The minimum absolute atomic E-state index is 0.105. The van der Waals surface area contributed by atoms with Crippen LogP contribution in [0.3, 0.4) is 0 Å². The fraction of sp³-hybridized carbons (Fsp3) is 0.481. The molecular formula is C27H34ClF3N4O5S. The van der Waals surface area contributed by atoms with E-state index in [9.17, 15) is 31.2 Å². The third-order valence-electron chi connectivity index (χ3n) is 6.46. The number of benzene rings is 2. The number of hydrogen-bond donors (Lipinski definition) is 2. The number of nitrogens with zero attached hydrogens (tertiary/aromatic N) is 2. The van der Waals surface area contributed by atoms with Crippen LogP contribution in [0.4, 0.5) is 29.3 Å². The van der Waals surface area contributed by atoms with E-state index in [2.05, 4.69) is 5.32 Å². The van der Waals surface area contributed by atoms with E-state index in [0.29, 0.717) is 19.5 Å². The maximum absolute atomic E-state index is 14.2. The monoisotopic (exact) mass is 618 g/mol. The molecule has 0 bridgehead atoms. The number of anilines is 2. The third-order valence-corrected chi connectivity index (χ3v) is 8.93. The van der Waals surface area contributed by atoms with Crippen LogP contribution in [0.25, 0.3) is 0 Å². The van der Waals surface area contributed by atoms with Gasteiger partial charge < -0.3 is 20.7 Å². The van der Waals surface area contributed by atoms with Gasteiger partial charge in [-0.15, -0.1) is 11.6 Å². The Kier molecular flexibility index (Phi) is 9.56. The van der Waals surface area contributed by atoms with E-state index in [1.807, 2.05) is 0 Å². The number of alkyl carbamates (subject to hydrolysis) is 1. The maximum Gasteiger partial charge on any atom is 0.416 e. The summed E-state index contributed by atoms with van der Waals surface area (Å²) >= 11 is 5.78. The molecule has 2 atom stereocenters. The van der Waals surface area contributed by atoms with Gasteiger partial charge in [-0.25, -0.2) is 13.2 Å². The summed E-state index contributed by atoms with van der Waals surface area (Å²) in [4.78, 5) is 28.0. The van der Waals surface area contributed by atoms with E-state index in [1.54, 1.807) is 25.7 Å². The summed E-state index contributed by atoms with van der Waals surface area (Å²) < 4.78 is 71.4. The van der Waals surface area contributed by atoms with E-state index in [4.69, 9.17) is 22.1 Å². The molecule has 1 saturated heterocycles. The quantitative estimate of drug-likeness (QED) is 0.330. The summed E-state index contributed by atoms with van der Waals surface area (Å²) in [5, 5.41) is 2.73. The van der Waals surface area contributed by atoms with Crippen LogP contribution < -0.4 is 16.0 Å². The van der Waals surface area contributed by atoms with Crippen LogP contribution in [-0.2, 0) is 27.3 Å². The highest BCUT2D eigenvalue weighted by atomic mass is 35.5. The number of nitrogen functional groups attached to an aromatic ring is 1. The molecule has 2 aromatic carbocycles. The first kappa shape index (κ1) is 32.5. The molecule has 9 nitrogen and oxygen atoms in total. The second-order valence-electron chi connectivity index (χ2n) is 10.9. The van der Waals surface area contributed by atoms with Crippen LogP contribution in [0, 0.1) is 0 Å². The number of alkyl halides is 4. The van der Waals surface area contributed by atoms with E-state index in [-0.39, 0.29) is 40.0 Å².